The Bertz CT molecular complexity index is 1000. The number of hydrogen-bond donors (Lipinski definition) is 7. The summed E-state index contributed by atoms with van der Waals surface area (Å²) >= 11 is 0. The summed E-state index contributed by atoms with van der Waals surface area (Å²) in [5.41, 5.74) is 0. The third-order valence-corrected chi connectivity index (χ3v) is 8.55. The Morgan fingerprint density at radius 1 is 0.804 bits per heavy atom. The number of likely N-dealkylation sites (N-methyl/N-ethyl adjacent to an activating group) is 1. The first kappa shape index (κ1) is 40.8. The van der Waals surface area contributed by atoms with Crippen LogP contribution in [-0.4, -0.2) is 82.5 Å². The Morgan fingerprint density at radius 2 is 1.46 bits per heavy atom. The van der Waals surface area contributed by atoms with Crippen molar-refractivity contribution in [3.8, 4) is 0 Å². The van der Waals surface area contributed by atoms with Gasteiger partial charge in [-0.15, -0.1) is 0 Å². The molecule has 0 spiro atoms. The molecule has 0 radical (unpaired) electrons. The average Bonchev–Trinajstić information content (AvgIpc) is 3.52. The van der Waals surface area contributed by atoms with E-state index >= 15 is 0 Å². The number of carboxylic acids is 1. The Labute approximate surface area is 274 Å². The standard InChI is InChI=1S/C33H59N5O8/c1-7-13-23(35-33(46)29(21(6)8-2)37-26(40)16-12-17-28(42)43)31(44)36-24(18-20(4)5)25(39)19-27(41)38-30(32(45)34-9-3)22-14-10-11-15-22/h20-25,29-30,39H,7-19H2,1-6H3,(H,34,45)(H,35,46)(H,36,44)(H,37,40)(H,38,41)(H,42,43)/t21-,23+,24+,25+,29+,30+/m1/s1. The van der Waals surface area contributed by atoms with Crippen molar-refractivity contribution in [1.29, 1.82) is 0 Å². The van der Waals surface area contributed by atoms with E-state index in [9.17, 15) is 33.9 Å². The number of carboxylic acid groups (broad SMARTS) is 1. The van der Waals surface area contributed by atoms with E-state index < -0.39 is 59.9 Å². The van der Waals surface area contributed by atoms with Crippen molar-refractivity contribution in [3.05, 3.63) is 0 Å². The molecule has 0 heterocycles. The predicted molar refractivity (Wildman–Crippen MR) is 174 cm³/mol. The fraction of sp³-hybridized carbons (Fsp3) is 0.818. The maximum atomic E-state index is 13.5. The summed E-state index contributed by atoms with van der Waals surface area (Å²) in [6.07, 6.45) is 3.88. The molecule has 1 aliphatic rings. The zero-order valence-electron chi connectivity index (χ0n) is 28.7. The maximum Gasteiger partial charge on any atom is 0.303 e. The van der Waals surface area contributed by atoms with E-state index in [1.165, 1.54) is 0 Å². The van der Waals surface area contributed by atoms with Crippen LogP contribution in [0.2, 0.25) is 0 Å². The predicted octanol–water partition coefficient (Wildman–Crippen LogP) is 2.15. The van der Waals surface area contributed by atoms with E-state index in [0.717, 1.165) is 25.7 Å². The third-order valence-electron chi connectivity index (χ3n) is 8.55. The van der Waals surface area contributed by atoms with Crippen LogP contribution in [0.1, 0.15) is 119 Å². The van der Waals surface area contributed by atoms with Crippen LogP contribution < -0.4 is 26.6 Å². The van der Waals surface area contributed by atoms with Gasteiger partial charge in [-0.3, -0.25) is 28.8 Å². The van der Waals surface area contributed by atoms with Gasteiger partial charge in [0.1, 0.15) is 18.1 Å². The van der Waals surface area contributed by atoms with Crippen LogP contribution in [-0.2, 0) is 28.8 Å². The summed E-state index contributed by atoms with van der Waals surface area (Å²) in [7, 11) is 0. The highest BCUT2D eigenvalue weighted by Crippen LogP contribution is 2.28. The van der Waals surface area contributed by atoms with Crippen molar-refractivity contribution in [1.82, 2.24) is 26.6 Å². The van der Waals surface area contributed by atoms with Gasteiger partial charge in [0.25, 0.3) is 0 Å². The second kappa shape index (κ2) is 21.6. The lowest BCUT2D eigenvalue weighted by molar-refractivity contribution is -0.137. The fourth-order valence-corrected chi connectivity index (χ4v) is 5.81. The molecule has 46 heavy (non-hydrogen) atoms. The SMILES string of the molecule is CCC[C@H](NC(=O)[C@@H](NC(=O)CCCC(=O)O)[C@H](C)CC)C(=O)N[C@@H](CC(C)C)[C@@H](O)CC(=O)N[C@H](C(=O)NCC)C1CCCC1. The van der Waals surface area contributed by atoms with E-state index in [1.807, 2.05) is 34.6 Å². The maximum absolute atomic E-state index is 13.5. The Kier molecular flexibility index (Phi) is 19.1. The van der Waals surface area contributed by atoms with Crippen LogP contribution in [0, 0.1) is 17.8 Å². The van der Waals surface area contributed by atoms with Crippen LogP contribution in [0.4, 0.5) is 0 Å². The van der Waals surface area contributed by atoms with E-state index in [0.29, 0.717) is 32.2 Å². The lowest BCUT2D eigenvalue weighted by atomic mass is 9.94. The highest BCUT2D eigenvalue weighted by atomic mass is 16.4. The molecule has 0 bridgehead atoms. The smallest absolute Gasteiger partial charge is 0.303 e. The van der Waals surface area contributed by atoms with Gasteiger partial charge in [-0.05, 0) is 56.8 Å². The Hall–Kier alpha value is -3.22. The van der Waals surface area contributed by atoms with E-state index in [2.05, 4.69) is 26.6 Å². The Balaban J connectivity index is 2.98. The van der Waals surface area contributed by atoms with Crippen molar-refractivity contribution in [2.45, 2.75) is 149 Å². The number of rotatable bonds is 22. The second-order valence-electron chi connectivity index (χ2n) is 13.0. The molecule has 0 aromatic carbocycles. The van der Waals surface area contributed by atoms with Gasteiger partial charge in [0, 0.05) is 19.4 Å². The molecule has 0 saturated heterocycles. The quantitative estimate of drug-likeness (QED) is 0.0920. The zero-order valence-corrected chi connectivity index (χ0v) is 28.7. The first-order valence-corrected chi connectivity index (χ1v) is 17.1. The van der Waals surface area contributed by atoms with Gasteiger partial charge >= 0.3 is 5.97 Å². The van der Waals surface area contributed by atoms with Gasteiger partial charge < -0.3 is 36.8 Å². The van der Waals surface area contributed by atoms with Crippen molar-refractivity contribution in [3.63, 3.8) is 0 Å². The van der Waals surface area contributed by atoms with Crippen LogP contribution in [0.15, 0.2) is 0 Å². The van der Waals surface area contributed by atoms with E-state index in [4.69, 9.17) is 5.11 Å². The molecule has 264 valence electrons. The fourth-order valence-electron chi connectivity index (χ4n) is 5.81. The van der Waals surface area contributed by atoms with Gasteiger partial charge in [-0.1, -0.05) is 60.3 Å². The molecular formula is C33H59N5O8. The summed E-state index contributed by atoms with van der Waals surface area (Å²) < 4.78 is 0. The number of amides is 5. The van der Waals surface area contributed by atoms with Crippen molar-refractivity contribution in [2.24, 2.45) is 17.8 Å². The molecular weight excluding hydrogens is 594 g/mol. The second-order valence-corrected chi connectivity index (χ2v) is 13.0. The number of carbonyl (C=O) groups is 6. The summed E-state index contributed by atoms with van der Waals surface area (Å²) in [5, 5.41) is 33.9. The van der Waals surface area contributed by atoms with Gasteiger partial charge in [0.15, 0.2) is 0 Å². The van der Waals surface area contributed by atoms with E-state index in [1.54, 1.807) is 6.92 Å². The molecule has 0 aliphatic heterocycles. The molecule has 1 rings (SSSR count). The van der Waals surface area contributed by atoms with Crippen molar-refractivity contribution >= 4 is 35.5 Å². The molecule has 5 amide bonds. The lowest BCUT2D eigenvalue weighted by Gasteiger charge is -2.30. The number of carbonyl (C=O) groups excluding carboxylic acids is 5. The summed E-state index contributed by atoms with van der Waals surface area (Å²) in [6.45, 7) is 11.7. The van der Waals surface area contributed by atoms with Crippen LogP contribution in [0.3, 0.4) is 0 Å². The molecule has 0 aromatic heterocycles. The topological polar surface area (TPSA) is 203 Å². The molecule has 0 aromatic rings. The summed E-state index contributed by atoms with van der Waals surface area (Å²) in [5.74, 6) is -3.37. The van der Waals surface area contributed by atoms with Gasteiger partial charge in [0.05, 0.1) is 18.6 Å². The van der Waals surface area contributed by atoms with Crippen LogP contribution in [0.5, 0.6) is 0 Å². The van der Waals surface area contributed by atoms with Crippen LogP contribution in [0.25, 0.3) is 0 Å². The number of aliphatic carboxylic acids is 1. The number of aliphatic hydroxyl groups excluding tert-OH is 1. The molecule has 6 atom stereocenters. The molecule has 1 fully saturated rings. The molecule has 13 nitrogen and oxygen atoms in total. The first-order valence-electron chi connectivity index (χ1n) is 17.1. The van der Waals surface area contributed by atoms with Gasteiger partial charge in [-0.2, -0.15) is 0 Å². The molecule has 1 saturated carbocycles. The van der Waals surface area contributed by atoms with Gasteiger partial charge in [0.2, 0.25) is 29.5 Å². The summed E-state index contributed by atoms with van der Waals surface area (Å²) in [4.78, 5) is 75.9. The average molecular weight is 654 g/mol. The largest absolute Gasteiger partial charge is 0.481 e. The number of aliphatic hydroxyl groups is 1. The minimum atomic E-state index is -1.24. The molecule has 1 aliphatic carbocycles. The minimum Gasteiger partial charge on any atom is -0.481 e. The highest BCUT2D eigenvalue weighted by molar-refractivity contribution is 5.92. The van der Waals surface area contributed by atoms with Gasteiger partial charge in [-0.25, -0.2) is 0 Å². The monoisotopic (exact) mass is 653 g/mol. The lowest BCUT2D eigenvalue weighted by Crippen LogP contribution is -2.58. The van der Waals surface area contributed by atoms with E-state index in [-0.39, 0.29) is 49.3 Å². The minimum absolute atomic E-state index is 0.0333. The molecule has 13 heteroatoms. The molecule has 7 N–H and O–H groups in total. The number of hydrogen-bond acceptors (Lipinski definition) is 7. The first-order chi connectivity index (χ1) is 21.7. The summed E-state index contributed by atoms with van der Waals surface area (Å²) in [6, 6.07) is -3.34. The third kappa shape index (κ3) is 14.9. The number of nitrogens with one attached hydrogen (secondary N) is 5. The van der Waals surface area contributed by atoms with Crippen molar-refractivity contribution < 1.29 is 39.0 Å². The van der Waals surface area contributed by atoms with Crippen LogP contribution >= 0.6 is 0 Å². The normalized spacial score (nSPS) is 17.2. The Morgan fingerprint density at radius 3 is 2.00 bits per heavy atom. The zero-order chi connectivity index (χ0) is 34.8. The molecule has 0 unspecified atom stereocenters. The van der Waals surface area contributed by atoms with Crippen molar-refractivity contribution in [2.75, 3.05) is 6.54 Å². The highest BCUT2D eigenvalue weighted by Gasteiger charge is 2.34.